The van der Waals surface area contributed by atoms with Crippen LogP contribution in [0.3, 0.4) is 0 Å². The van der Waals surface area contributed by atoms with Crippen molar-refractivity contribution in [1.29, 1.82) is 0 Å². The highest BCUT2D eigenvalue weighted by Crippen LogP contribution is 2.35. The topological polar surface area (TPSA) is 117 Å². The molecule has 1 aromatic carbocycles. The summed E-state index contributed by atoms with van der Waals surface area (Å²) in [4.78, 5) is 28.0. The van der Waals surface area contributed by atoms with Crippen molar-refractivity contribution in [1.82, 2.24) is 15.0 Å². The first-order valence-electron chi connectivity index (χ1n) is 9.46. The van der Waals surface area contributed by atoms with Crippen molar-refractivity contribution in [2.45, 2.75) is 18.4 Å². The lowest BCUT2D eigenvalue weighted by Crippen LogP contribution is -2.42. The maximum Gasteiger partial charge on any atom is 0.320 e. The second-order valence-corrected chi connectivity index (χ2v) is 10.8. The number of thiophene rings is 1. The van der Waals surface area contributed by atoms with E-state index in [0.717, 1.165) is 21.3 Å². The van der Waals surface area contributed by atoms with Gasteiger partial charge in [0.15, 0.2) is 0 Å². The van der Waals surface area contributed by atoms with E-state index >= 15 is 0 Å². The van der Waals surface area contributed by atoms with Crippen molar-refractivity contribution in [3.63, 3.8) is 0 Å². The number of methoxy groups -OCH3 is 1. The SMILES string of the molecule is COC(=O)CNS(=O)(=O)C[C@@H]1c2ccccc2C[C@H]1NC(=O)c1cc2cc(Cl)sc2[nH]1. The molecule has 1 aliphatic rings. The number of H-pyrrole nitrogens is 1. The zero-order valence-electron chi connectivity index (χ0n) is 16.5. The molecule has 0 spiro atoms. The van der Waals surface area contributed by atoms with E-state index in [-0.39, 0.29) is 11.7 Å². The monoisotopic (exact) mass is 481 g/mol. The number of nitrogens with one attached hydrogen (secondary N) is 3. The lowest BCUT2D eigenvalue weighted by Gasteiger charge is -2.21. The molecule has 0 unspecified atom stereocenters. The van der Waals surface area contributed by atoms with Crippen LogP contribution in [-0.4, -0.2) is 50.7 Å². The Morgan fingerprint density at radius 3 is 2.81 bits per heavy atom. The molecule has 0 bridgehead atoms. The summed E-state index contributed by atoms with van der Waals surface area (Å²) in [5.74, 6) is -1.71. The van der Waals surface area contributed by atoms with Crippen LogP contribution >= 0.6 is 22.9 Å². The Kier molecular flexibility index (Phi) is 6.07. The van der Waals surface area contributed by atoms with Gasteiger partial charge in [-0.05, 0) is 29.7 Å². The highest BCUT2D eigenvalue weighted by Gasteiger charge is 2.36. The molecule has 1 aliphatic carbocycles. The molecular weight excluding hydrogens is 462 g/mol. The summed E-state index contributed by atoms with van der Waals surface area (Å²) in [6.45, 7) is -0.438. The molecule has 164 valence electrons. The molecule has 3 aromatic rings. The Bertz CT molecular complexity index is 1220. The number of fused-ring (bicyclic) bond motifs is 2. The number of hydrogen-bond donors (Lipinski definition) is 3. The van der Waals surface area contributed by atoms with Crippen LogP contribution in [0.4, 0.5) is 0 Å². The average Bonchev–Trinajstić information content (AvgIpc) is 3.37. The lowest BCUT2D eigenvalue weighted by atomic mass is 10.0. The fraction of sp³-hybridized carbons (Fsp3) is 0.300. The summed E-state index contributed by atoms with van der Waals surface area (Å²) in [5.41, 5.74) is 2.25. The van der Waals surface area contributed by atoms with Gasteiger partial charge in [-0.1, -0.05) is 35.9 Å². The number of ether oxygens (including phenoxy) is 1. The number of esters is 1. The van der Waals surface area contributed by atoms with Crippen LogP contribution in [0.25, 0.3) is 10.2 Å². The minimum atomic E-state index is -3.79. The van der Waals surface area contributed by atoms with Gasteiger partial charge in [-0.25, -0.2) is 13.1 Å². The molecule has 8 nitrogen and oxygen atoms in total. The third kappa shape index (κ3) is 4.77. The van der Waals surface area contributed by atoms with Crippen molar-refractivity contribution in [3.8, 4) is 0 Å². The minimum absolute atomic E-state index is 0.263. The first-order valence-corrected chi connectivity index (χ1v) is 12.3. The van der Waals surface area contributed by atoms with Gasteiger partial charge in [0.25, 0.3) is 5.91 Å². The van der Waals surface area contributed by atoms with E-state index in [0.29, 0.717) is 16.5 Å². The minimum Gasteiger partial charge on any atom is -0.468 e. The van der Waals surface area contributed by atoms with Crippen LogP contribution in [0.15, 0.2) is 36.4 Å². The molecule has 0 aliphatic heterocycles. The summed E-state index contributed by atoms with van der Waals surface area (Å²) in [6.07, 6.45) is 0.514. The van der Waals surface area contributed by atoms with Crippen molar-refractivity contribution >= 4 is 55.1 Å². The quantitative estimate of drug-likeness (QED) is 0.448. The van der Waals surface area contributed by atoms with Gasteiger partial charge in [0.05, 0.1) is 17.2 Å². The van der Waals surface area contributed by atoms with Crippen LogP contribution in [0.2, 0.25) is 4.34 Å². The molecule has 0 radical (unpaired) electrons. The van der Waals surface area contributed by atoms with E-state index in [4.69, 9.17) is 11.6 Å². The van der Waals surface area contributed by atoms with Crippen LogP contribution in [0.1, 0.15) is 27.5 Å². The van der Waals surface area contributed by atoms with Crippen LogP contribution in [0, 0.1) is 0 Å². The number of benzene rings is 1. The molecule has 2 atom stereocenters. The molecule has 1 amide bonds. The zero-order chi connectivity index (χ0) is 22.2. The fourth-order valence-electron chi connectivity index (χ4n) is 3.83. The van der Waals surface area contributed by atoms with Gasteiger partial charge in [0, 0.05) is 17.3 Å². The molecule has 0 saturated carbocycles. The fourth-order valence-corrected chi connectivity index (χ4v) is 6.30. The molecule has 0 saturated heterocycles. The van der Waals surface area contributed by atoms with Crippen LogP contribution < -0.4 is 10.0 Å². The summed E-state index contributed by atoms with van der Waals surface area (Å²) in [7, 11) is -2.60. The summed E-state index contributed by atoms with van der Waals surface area (Å²) in [6, 6.07) is 10.6. The van der Waals surface area contributed by atoms with Crippen molar-refractivity contribution in [2.24, 2.45) is 0 Å². The zero-order valence-corrected chi connectivity index (χ0v) is 18.9. The number of rotatable bonds is 7. The van der Waals surface area contributed by atoms with Crippen LogP contribution in [-0.2, 0) is 26.0 Å². The first-order chi connectivity index (χ1) is 14.8. The average molecular weight is 482 g/mol. The Labute approximate surface area is 188 Å². The maximum atomic E-state index is 12.9. The maximum absolute atomic E-state index is 12.9. The highest BCUT2D eigenvalue weighted by atomic mass is 35.5. The van der Waals surface area contributed by atoms with Gasteiger partial charge in [-0.2, -0.15) is 0 Å². The Morgan fingerprint density at radius 2 is 2.06 bits per heavy atom. The number of carbonyl (C=O) groups is 2. The van der Waals surface area contributed by atoms with Gasteiger partial charge in [0.1, 0.15) is 17.1 Å². The molecule has 2 heterocycles. The molecule has 4 rings (SSSR count). The Hall–Kier alpha value is -2.40. The molecule has 3 N–H and O–H groups in total. The number of amides is 1. The predicted molar refractivity (Wildman–Crippen MR) is 119 cm³/mol. The van der Waals surface area contributed by atoms with Crippen molar-refractivity contribution in [3.05, 3.63) is 57.6 Å². The number of carbonyl (C=O) groups excluding carboxylic acids is 2. The second kappa shape index (κ2) is 8.62. The molecule has 31 heavy (non-hydrogen) atoms. The van der Waals surface area contributed by atoms with Crippen molar-refractivity contribution < 1.29 is 22.7 Å². The van der Waals surface area contributed by atoms with E-state index in [9.17, 15) is 18.0 Å². The number of halogens is 1. The van der Waals surface area contributed by atoms with E-state index < -0.39 is 34.5 Å². The van der Waals surface area contributed by atoms with Gasteiger partial charge in [0.2, 0.25) is 10.0 Å². The van der Waals surface area contributed by atoms with Crippen molar-refractivity contribution in [2.75, 3.05) is 19.4 Å². The molecule has 2 aromatic heterocycles. The van der Waals surface area contributed by atoms with Gasteiger partial charge in [-0.3, -0.25) is 9.59 Å². The number of hydrogen-bond acceptors (Lipinski definition) is 6. The third-order valence-electron chi connectivity index (χ3n) is 5.28. The largest absolute Gasteiger partial charge is 0.468 e. The van der Waals surface area contributed by atoms with Crippen LogP contribution in [0.5, 0.6) is 0 Å². The summed E-state index contributed by atoms with van der Waals surface area (Å²) in [5, 5.41) is 3.82. The smallest absolute Gasteiger partial charge is 0.320 e. The van der Waals surface area contributed by atoms with E-state index in [1.807, 2.05) is 24.3 Å². The normalized spacial score (nSPS) is 18.1. The van der Waals surface area contributed by atoms with E-state index in [1.54, 1.807) is 12.1 Å². The highest BCUT2D eigenvalue weighted by molar-refractivity contribution is 7.89. The standard InChI is InChI=1S/C20H20ClN3O5S2/c1-29-18(25)9-22-31(27,28)10-14-13-5-3-2-4-11(13)6-15(14)23-19(26)16-7-12-8-17(21)30-20(12)24-16/h2-5,7-8,14-15,22,24H,6,9-10H2,1H3,(H,23,26)/t14-,15-/m1/s1. The lowest BCUT2D eigenvalue weighted by molar-refractivity contribution is -0.139. The summed E-state index contributed by atoms with van der Waals surface area (Å²) >= 11 is 7.33. The third-order valence-corrected chi connectivity index (χ3v) is 7.86. The molecular formula is C20H20ClN3O5S2. The Balaban J connectivity index is 1.53. The number of aromatic nitrogens is 1. The van der Waals surface area contributed by atoms with Gasteiger partial charge >= 0.3 is 5.97 Å². The first kappa shape index (κ1) is 21.8. The number of sulfonamides is 1. The molecule has 11 heteroatoms. The van der Waals surface area contributed by atoms with Gasteiger partial charge < -0.3 is 15.0 Å². The summed E-state index contributed by atoms with van der Waals surface area (Å²) < 4.78 is 32.5. The Morgan fingerprint density at radius 1 is 1.29 bits per heavy atom. The predicted octanol–water partition coefficient (Wildman–Crippen LogP) is 2.41. The van der Waals surface area contributed by atoms with E-state index in [1.165, 1.54) is 18.4 Å². The molecule has 0 fully saturated rings. The van der Waals surface area contributed by atoms with Gasteiger partial charge in [-0.15, -0.1) is 11.3 Å². The second-order valence-electron chi connectivity index (χ2n) is 7.29. The number of aromatic amines is 1. The van der Waals surface area contributed by atoms with E-state index in [2.05, 4.69) is 19.8 Å².